The van der Waals surface area contributed by atoms with Crippen LogP contribution in [-0.2, 0) is 11.2 Å². The van der Waals surface area contributed by atoms with Crippen LogP contribution in [-0.4, -0.2) is 13.5 Å². The Balaban J connectivity index is 0.00000144. The zero-order valence-electron chi connectivity index (χ0n) is 9.83. The van der Waals surface area contributed by atoms with Crippen molar-refractivity contribution in [3.05, 3.63) is 35.4 Å². The molecule has 1 nitrogen and oxygen atoms in total. The van der Waals surface area contributed by atoms with E-state index in [9.17, 15) is 12.9 Å². The molecule has 0 saturated carbocycles. The van der Waals surface area contributed by atoms with Crippen molar-refractivity contribution in [3.63, 3.8) is 0 Å². The van der Waals surface area contributed by atoms with Crippen LogP contribution in [0.1, 0.15) is 30.1 Å². The molecule has 2 rings (SSSR count). The molecule has 0 radical (unpaired) electrons. The summed E-state index contributed by atoms with van der Waals surface area (Å²) in [7, 11) is 0. The van der Waals surface area contributed by atoms with Crippen molar-refractivity contribution in [2.45, 2.75) is 25.4 Å². The SMILES string of the molecule is F[B-](F)(F)COC1CCCc2ccccc21.[K+]. The first-order valence-electron chi connectivity index (χ1n) is 5.47. The minimum atomic E-state index is -4.85. The second-order valence-corrected chi connectivity index (χ2v) is 4.12. The fourth-order valence-corrected chi connectivity index (χ4v) is 2.11. The molecule has 6 heteroatoms. The van der Waals surface area contributed by atoms with Crippen LogP contribution in [0.25, 0.3) is 0 Å². The minimum absolute atomic E-state index is 0. The summed E-state index contributed by atoms with van der Waals surface area (Å²) in [6, 6.07) is 7.58. The third-order valence-electron chi connectivity index (χ3n) is 2.80. The fraction of sp³-hybridized carbons (Fsp3) is 0.455. The maximum absolute atomic E-state index is 12.1. The Morgan fingerprint density at radius 1 is 1.24 bits per heavy atom. The Bertz CT molecular complexity index is 370. The summed E-state index contributed by atoms with van der Waals surface area (Å²) in [4.78, 5) is 0. The maximum Gasteiger partial charge on any atom is 1.00 e. The maximum atomic E-state index is 12.1. The molecule has 17 heavy (non-hydrogen) atoms. The van der Waals surface area contributed by atoms with Crippen LogP contribution in [0.3, 0.4) is 0 Å². The summed E-state index contributed by atoms with van der Waals surface area (Å²) in [5.74, 6) is 0. The fourth-order valence-electron chi connectivity index (χ4n) is 2.11. The van der Waals surface area contributed by atoms with Gasteiger partial charge in [-0.2, -0.15) is 0 Å². The van der Waals surface area contributed by atoms with Gasteiger partial charge in [0, 0.05) is 6.51 Å². The molecule has 0 amide bonds. The first-order valence-corrected chi connectivity index (χ1v) is 5.47. The number of fused-ring (bicyclic) bond motifs is 1. The first-order chi connectivity index (χ1) is 7.56. The van der Waals surface area contributed by atoms with Crippen molar-refractivity contribution in [2.75, 3.05) is 6.51 Å². The molecule has 0 fully saturated rings. The topological polar surface area (TPSA) is 9.23 Å². The molecule has 0 heterocycles. The number of benzene rings is 1. The largest absolute Gasteiger partial charge is 1.00 e. The Morgan fingerprint density at radius 3 is 2.65 bits per heavy atom. The minimum Gasteiger partial charge on any atom is -0.447 e. The predicted molar refractivity (Wildman–Crippen MR) is 57.2 cm³/mol. The number of ether oxygens (including phenoxy) is 1. The third kappa shape index (κ3) is 4.69. The van der Waals surface area contributed by atoms with Crippen LogP contribution in [0.15, 0.2) is 24.3 Å². The normalized spacial score (nSPS) is 19.4. The zero-order valence-corrected chi connectivity index (χ0v) is 13.0. The number of hydrogen-bond acceptors (Lipinski definition) is 1. The van der Waals surface area contributed by atoms with Crippen molar-refractivity contribution in [3.8, 4) is 0 Å². The summed E-state index contributed by atoms with van der Waals surface area (Å²) in [5, 5.41) is 0. The van der Waals surface area contributed by atoms with E-state index in [1.54, 1.807) is 0 Å². The molecule has 1 unspecified atom stereocenters. The van der Waals surface area contributed by atoms with E-state index in [-0.39, 0.29) is 57.5 Å². The van der Waals surface area contributed by atoms with Gasteiger partial charge in [0.05, 0.1) is 6.10 Å². The Kier molecular flexibility index (Phi) is 6.22. The average molecular weight is 268 g/mol. The molecule has 0 N–H and O–H groups in total. The monoisotopic (exact) mass is 268 g/mol. The molecular weight excluding hydrogens is 255 g/mol. The van der Waals surface area contributed by atoms with Crippen molar-refractivity contribution < 1.29 is 69.1 Å². The average Bonchev–Trinajstić information content (AvgIpc) is 2.25. The Labute approximate surface area is 142 Å². The molecular formula is C11H13BF3KO. The van der Waals surface area contributed by atoms with E-state index in [1.807, 2.05) is 24.3 Å². The molecule has 0 aromatic heterocycles. The van der Waals surface area contributed by atoms with Gasteiger partial charge in [0.1, 0.15) is 0 Å². The van der Waals surface area contributed by atoms with Gasteiger partial charge in [0.2, 0.25) is 0 Å². The van der Waals surface area contributed by atoms with Gasteiger partial charge < -0.3 is 17.7 Å². The Morgan fingerprint density at radius 2 is 1.94 bits per heavy atom. The van der Waals surface area contributed by atoms with Crippen molar-refractivity contribution in [2.24, 2.45) is 0 Å². The predicted octanol–water partition coefficient (Wildman–Crippen LogP) is 0.471. The van der Waals surface area contributed by atoms with Crippen LogP contribution < -0.4 is 51.4 Å². The summed E-state index contributed by atoms with van der Waals surface area (Å²) < 4.78 is 41.3. The van der Waals surface area contributed by atoms with E-state index in [0.717, 1.165) is 24.0 Å². The third-order valence-corrected chi connectivity index (χ3v) is 2.80. The second-order valence-electron chi connectivity index (χ2n) is 4.12. The van der Waals surface area contributed by atoms with Gasteiger partial charge in [0.15, 0.2) is 0 Å². The van der Waals surface area contributed by atoms with Gasteiger partial charge in [-0.3, -0.25) is 0 Å². The van der Waals surface area contributed by atoms with Crippen molar-refractivity contribution >= 4 is 6.98 Å². The Hall–Kier alpha value is 0.671. The van der Waals surface area contributed by atoms with Gasteiger partial charge >= 0.3 is 58.4 Å². The summed E-state index contributed by atoms with van der Waals surface area (Å²) in [6.07, 6.45) is 2.14. The number of halogens is 3. The zero-order chi connectivity index (χ0) is 11.6. The van der Waals surface area contributed by atoms with E-state index in [2.05, 4.69) is 0 Å². The summed E-state index contributed by atoms with van der Waals surface area (Å²) >= 11 is 0. The second kappa shape index (κ2) is 6.73. The molecule has 1 aliphatic rings. The molecule has 0 saturated heterocycles. The van der Waals surface area contributed by atoms with E-state index in [4.69, 9.17) is 4.74 Å². The molecule has 0 bridgehead atoms. The summed E-state index contributed by atoms with van der Waals surface area (Å²) in [6.45, 7) is -5.95. The van der Waals surface area contributed by atoms with E-state index >= 15 is 0 Å². The molecule has 88 valence electrons. The quantitative estimate of drug-likeness (QED) is 0.724. The van der Waals surface area contributed by atoms with Gasteiger partial charge in [-0.15, -0.1) is 0 Å². The molecule has 1 aromatic rings. The van der Waals surface area contributed by atoms with Crippen LogP contribution in [0.4, 0.5) is 12.9 Å². The summed E-state index contributed by atoms with van der Waals surface area (Å²) in [5.41, 5.74) is 2.04. The smallest absolute Gasteiger partial charge is 0.447 e. The van der Waals surface area contributed by atoms with E-state index < -0.39 is 13.5 Å². The number of rotatable bonds is 3. The van der Waals surface area contributed by atoms with Gasteiger partial charge in [0.25, 0.3) is 0 Å². The van der Waals surface area contributed by atoms with Gasteiger partial charge in [-0.05, 0) is 30.4 Å². The standard InChI is InChI=1S/C11H13BF3O.K/c13-12(14,15)8-16-11-7-3-5-9-4-1-2-6-10(9)11;/h1-2,4,6,11H,3,5,7-8H2;/q-1;+1. The molecule has 1 atom stereocenters. The van der Waals surface area contributed by atoms with Crippen LogP contribution in [0.2, 0.25) is 0 Å². The van der Waals surface area contributed by atoms with Gasteiger partial charge in [-0.1, -0.05) is 24.3 Å². The van der Waals surface area contributed by atoms with E-state index in [0.29, 0.717) is 6.42 Å². The first kappa shape index (κ1) is 15.7. The van der Waals surface area contributed by atoms with Gasteiger partial charge in [-0.25, -0.2) is 0 Å². The molecule has 1 aliphatic carbocycles. The molecule has 0 aliphatic heterocycles. The number of hydrogen-bond donors (Lipinski definition) is 0. The van der Waals surface area contributed by atoms with Crippen LogP contribution >= 0.6 is 0 Å². The molecule has 0 spiro atoms. The van der Waals surface area contributed by atoms with Crippen molar-refractivity contribution in [1.82, 2.24) is 0 Å². The van der Waals surface area contributed by atoms with Crippen molar-refractivity contribution in [1.29, 1.82) is 0 Å². The van der Waals surface area contributed by atoms with Crippen LogP contribution in [0, 0.1) is 0 Å². The van der Waals surface area contributed by atoms with E-state index in [1.165, 1.54) is 0 Å². The number of aryl methyl sites for hydroxylation is 1. The van der Waals surface area contributed by atoms with Crippen LogP contribution in [0.5, 0.6) is 0 Å². The molecule has 1 aromatic carbocycles.